The molecule has 0 aliphatic heterocycles. The Labute approximate surface area is 204 Å². The molecule has 2 aromatic carbocycles. The lowest BCUT2D eigenvalue weighted by Gasteiger charge is -2.41. The van der Waals surface area contributed by atoms with Gasteiger partial charge in [0.25, 0.3) is 0 Å². The predicted molar refractivity (Wildman–Crippen MR) is 136 cm³/mol. The summed E-state index contributed by atoms with van der Waals surface area (Å²) >= 11 is 0. The molecule has 2 aromatic rings. The predicted octanol–water partition coefficient (Wildman–Crippen LogP) is 4.44. The number of aryl methyl sites for hydroxylation is 2. The average molecular weight is 501 g/mol. The fourth-order valence-electron chi connectivity index (χ4n) is 4.17. The van der Waals surface area contributed by atoms with Crippen LogP contribution in [0, 0.1) is 13.8 Å². The van der Waals surface area contributed by atoms with E-state index >= 15 is 0 Å². The molecule has 1 aliphatic rings. The van der Waals surface area contributed by atoms with Crippen molar-refractivity contribution in [3.05, 3.63) is 97.1 Å². The van der Waals surface area contributed by atoms with Crippen LogP contribution in [-0.2, 0) is 20.0 Å². The molecular weight excluding hydrogens is 468 g/mol. The molecule has 8 heteroatoms. The maximum atomic E-state index is 13.7. The summed E-state index contributed by atoms with van der Waals surface area (Å²) in [5.41, 5.74) is 1.91. The van der Waals surface area contributed by atoms with E-state index in [9.17, 15) is 16.8 Å². The minimum absolute atomic E-state index is 0.0672. The number of benzene rings is 2. The molecule has 34 heavy (non-hydrogen) atoms. The first-order valence-electron chi connectivity index (χ1n) is 11.2. The van der Waals surface area contributed by atoms with E-state index in [1.807, 2.05) is 26.0 Å². The number of hydrogen-bond donors (Lipinski definition) is 0. The lowest BCUT2D eigenvalue weighted by atomic mass is 9.95. The average Bonchev–Trinajstić information content (AvgIpc) is 2.81. The van der Waals surface area contributed by atoms with Crippen LogP contribution in [-0.4, -0.2) is 50.6 Å². The molecule has 0 radical (unpaired) electrons. The number of nitrogens with zero attached hydrogens (tertiary/aromatic N) is 2. The summed E-state index contributed by atoms with van der Waals surface area (Å²) in [7, 11) is -7.79. The summed E-state index contributed by atoms with van der Waals surface area (Å²) in [4.78, 5) is 0.342. The van der Waals surface area contributed by atoms with Crippen molar-refractivity contribution in [3.63, 3.8) is 0 Å². The third kappa shape index (κ3) is 5.41. The Hall–Kier alpha value is -2.52. The smallest absolute Gasteiger partial charge is 0.207 e. The van der Waals surface area contributed by atoms with Gasteiger partial charge in [-0.15, -0.1) is 13.2 Å². The van der Waals surface area contributed by atoms with Gasteiger partial charge in [0.1, 0.15) is 0 Å². The molecule has 182 valence electrons. The van der Waals surface area contributed by atoms with Crippen LogP contribution in [0.4, 0.5) is 0 Å². The number of sulfonamides is 2. The first-order chi connectivity index (χ1) is 16.1. The maximum Gasteiger partial charge on any atom is 0.243 e. The Bertz CT molecular complexity index is 1150. The third-order valence-corrected chi connectivity index (χ3v) is 9.79. The zero-order chi connectivity index (χ0) is 24.9. The van der Waals surface area contributed by atoms with Crippen molar-refractivity contribution in [1.29, 1.82) is 0 Å². The minimum atomic E-state index is -3.90. The molecule has 0 unspecified atom stereocenters. The molecule has 0 spiro atoms. The highest BCUT2D eigenvalue weighted by molar-refractivity contribution is 7.89. The molecule has 2 atom stereocenters. The van der Waals surface area contributed by atoms with Gasteiger partial charge in [-0.25, -0.2) is 16.8 Å². The van der Waals surface area contributed by atoms with Crippen molar-refractivity contribution < 1.29 is 16.8 Å². The van der Waals surface area contributed by atoms with Gasteiger partial charge in [0.05, 0.1) is 9.79 Å². The van der Waals surface area contributed by atoms with E-state index in [0.29, 0.717) is 12.8 Å². The van der Waals surface area contributed by atoms with Gasteiger partial charge in [-0.3, -0.25) is 0 Å². The lowest BCUT2D eigenvalue weighted by molar-refractivity contribution is 0.201. The summed E-state index contributed by atoms with van der Waals surface area (Å²) < 4.78 is 57.5. The monoisotopic (exact) mass is 500 g/mol. The molecule has 0 fully saturated rings. The van der Waals surface area contributed by atoms with E-state index in [-0.39, 0.29) is 22.9 Å². The Morgan fingerprint density at radius 3 is 1.32 bits per heavy atom. The standard InChI is InChI=1S/C26H32N2O4S2/c1-5-19-27(33(29,30)23-15-11-21(3)12-16-23)25-9-7-8-10-26(25)28(20-6-2)34(31,32)24-17-13-22(4)14-18-24/h5-8,11-18,25-26H,1-2,9-10,19-20H2,3-4H3/t25-,26+. The van der Waals surface area contributed by atoms with E-state index < -0.39 is 32.1 Å². The molecule has 0 bridgehead atoms. The highest BCUT2D eigenvalue weighted by Crippen LogP contribution is 2.31. The van der Waals surface area contributed by atoms with Crippen LogP contribution in [0.1, 0.15) is 24.0 Å². The number of hydrogen-bond acceptors (Lipinski definition) is 4. The van der Waals surface area contributed by atoms with Crippen molar-refractivity contribution in [2.75, 3.05) is 13.1 Å². The molecule has 0 aromatic heterocycles. The van der Waals surface area contributed by atoms with Gasteiger partial charge in [0.2, 0.25) is 20.0 Å². The fraction of sp³-hybridized carbons (Fsp3) is 0.308. The van der Waals surface area contributed by atoms with E-state index in [2.05, 4.69) is 13.2 Å². The van der Waals surface area contributed by atoms with Gasteiger partial charge >= 0.3 is 0 Å². The van der Waals surface area contributed by atoms with Crippen LogP contribution < -0.4 is 0 Å². The van der Waals surface area contributed by atoms with E-state index in [1.54, 1.807) is 48.5 Å². The molecular formula is C26H32N2O4S2. The zero-order valence-electron chi connectivity index (χ0n) is 19.7. The summed E-state index contributed by atoms with van der Waals surface area (Å²) in [6, 6.07) is 12.1. The molecule has 0 amide bonds. The van der Waals surface area contributed by atoms with Crippen molar-refractivity contribution >= 4 is 20.0 Å². The van der Waals surface area contributed by atoms with Crippen LogP contribution in [0.15, 0.2) is 95.8 Å². The van der Waals surface area contributed by atoms with Gasteiger partial charge in [0, 0.05) is 25.2 Å². The first kappa shape index (κ1) is 26.1. The van der Waals surface area contributed by atoms with E-state index in [1.165, 1.54) is 20.8 Å². The molecule has 1 aliphatic carbocycles. The van der Waals surface area contributed by atoms with Crippen LogP contribution in [0.3, 0.4) is 0 Å². The summed E-state index contributed by atoms with van der Waals surface area (Å²) in [6.45, 7) is 11.4. The Balaban J connectivity index is 2.08. The minimum Gasteiger partial charge on any atom is -0.207 e. The summed E-state index contributed by atoms with van der Waals surface area (Å²) in [6.07, 6.45) is 7.67. The number of rotatable bonds is 10. The van der Waals surface area contributed by atoms with Crippen LogP contribution in [0.5, 0.6) is 0 Å². The van der Waals surface area contributed by atoms with Crippen molar-refractivity contribution in [2.24, 2.45) is 0 Å². The Morgan fingerprint density at radius 2 is 1.03 bits per heavy atom. The Kier molecular flexibility index (Phi) is 8.30. The van der Waals surface area contributed by atoms with Crippen molar-refractivity contribution in [2.45, 2.75) is 48.6 Å². The topological polar surface area (TPSA) is 74.8 Å². The van der Waals surface area contributed by atoms with Gasteiger partial charge in [0.15, 0.2) is 0 Å². The second-order valence-electron chi connectivity index (χ2n) is 8.43. The van der Waals surface area contributed by atoms with Gasteiger partial charge in [-0.2, -0.15) is 8.61 Å². The molecule has 3 rings (SSSR count). The first-order valence-corrected chi connectivity index (χ1v) is 14.0. The molecule has 0 saturated carbocycles. The second kappa shape index (κ2) is 10.8. The molecule has 0 saturated heterocycles. The SMILES string of the molecule is C=CCN([C@@H]1CC=CC[C@@H]1N(CC=C)S(=O)(=O)c1ccc(C)cc1)S(=O)(=O)c1ccc(C)cc1. The van der Waals surface area contributed by atoms with E-state index in [0.717, 1.165) is 11.1 Å². The lowest BCUT2D eigenvalue weighted by Crippen LogP contribution is -2.55. The molecule has 6 nitrogen and oxygen atoms in total. The largest absolute Gasteiger partial charge is 0.243 e. The molecule has 0 N–H and O–H groups in total. The van der Waals surface area contributed by atoms with E-state index in [4.69, 9.17) is 0 Å². The normalized spacial score (nSPS) is 18.8. The van der Waals surface area contributed by atoms with Crippen LogP contribution in [0.25, 0.3) is 0 Å². The Morgan fingerprint density at radius 1 is 0.706 bits per heavy atom. The van der Waals surface area contributed by atoms with Gasteiger partial charge < -0.3 is 0 Å². The van der Waals surface area contributed by atoms with Crippen molar-refractivity contribution in [3.8, 4) is 0 Å². The van der Waals surface area contributed by atoms with Gasteiger partial charge in [-0.05, 0) is 51.0 Å². The van der Waals surface area contributed by atoms with Crippen molar-refractivity contribution in [1.82, 2.24) is 8.61 Å². The fourth-order valence-corrected chi connectivity index (χ4v) is 7.44. The second-order valence-corrected chi connectivity index (χ2v) is 12.2. The highest BCUT2D eigenvalue weighted by Gasteiger charge is 2.42. The van der Waals surface area contributed by atoms with Gasteiger partial charge in [-0.1, -0.05) is 59.7 Å². The summed E-state index contributed by atoms with van der Waals surface area (Å²) in [5, 5.41) is 0. The van der Waals surface area contributed by atoms with Crippen LogP contribution in [0.2, 0.25) is 0 Å². The summed E-state index contributed by atoms with van der Waals surface area (Å²) in [5.74, 6) is 0. The quantitative estimate of drug-likeness (QED) is 0.452. The third-order valence-electron chi connectivity index (χ3n) is 5.98. The maximum absolute atomic E-state index is 13.7. The zero-order valence-corrected chi connectivity index (χ0v) is 21.3. The molecule has 0 heterocycles. The highest BCUT2D eigenvalue weighted by atomic mass is 32.2. The van der Waals surface area contributed by atoms with Crippen LogP contribution >= 0.6 is 0 Å².